The molecule has 1 N–H and O–H groups in total. The van der Waals surface area contributed by atoms with Crippen LogP contribution in [0.15, 0.2) is 29.2 Å². The first kappa shape index (κ1) is 23.1. The van der Waals surface area contributed by atoms with Gasteiger partial charge in [-0.05, 0) is 37.8 Å². The third-order valence-corrected chi connectivity index (χ3v) is 7.60. The van der Waals surface area contributed by atoms with Crippen molar-refractivity contribution in [3.63, 3.8) is 0 Å². The van der Waals surface area contributed by atoms with Crippen LogP contribution in [0.5, 0.6) is 0 Å². The number of carbonyl (C=O) groups excluding carboxylic acids is 1. The number of sulfonamides is 1. The molecule has 28 heavy (non-hydrogen) atoms. The lowest BCUT2D eigenvalue weighted by Crippen LogP contribution is -2.50. The minimum Gasteiger partial charge on any atom is -0.355 e. The molecule has 1 aliphatic heterocycles. The molecule has 3 rings (SSSR count). The SMILES string of the molecule is Cc1ccc(S(=O)(=O)N2CCN(CCNC(=O)CC3CCCC3)CC2)cc1.Cl. The molecule has 2 aliphatic rings. The van der Waals surface area contributed by atoms with Gasteiger partial charge in [0.15, 0.2) is 0 Å². The zero-order valence-electron chi connectivity index (χ0n) is 16.6. The van der Waals surface area contributed by atoms with Crippen molar-refractivity contribution in [1.29, 1.82) is 0 Å². The Hall–Kier alpha value is -1.15. The molecular weight excluding hydrogens is 398 g/mol. The van der Waals surface area contributed by atoms with Crippen LogP contribution in [-0.4, -0.2) is 62.8 Å². The van der Waals surface area contributed by atoms with Gasteiger partial charge in [0.2, 0.25) is 15.9 Å². The minimum atomic E-state index is -3.41. The van der Waals surface area contributed by atoms with Crippen LogP contribution in [0.2, 0.25) is 0 Å². The van der Waals surface area contributed by atoms with Crippen molar-refractivity contribution in [2.75, 3.05) is 39.3 Å². The number of benzene rings is 1. The fourth-order valence-corrected chi connectivity index (χ4v) is 5.38. The molecule has 8 heteroatoms. The molecule has 0 aromatic heterocycles. The average Bonchev–Trinajstić information content (AvgIpc) is 3.15. The van der Waals surface area contributed by atoms with Crippen LogP contribution in [0.1, 0.15) is 37.7 Å². The molecule has 1 saturated heterocycles. The van der Waals surface area contributed by atoms with Crippen LogP contribution in [0.3, 0.4) is 0 Å². The van der Waals surface area contributed by atoms with Gasteiger partial charge in [0.25, 0.3) is 0 Å². The highest BCUT2D eigenvalue weighted by Crippen LogP contribution is 2.27. The highest BCUT2D eigenvalue weighted by atomic mass is 35.5. The van der Waals surface area contributed by atoms with Crippen LogP contribution in [-0.2, 0) is 14.8 Å². The van der Waals surface area contributed by atoms with Crippen molar-refractivity contribution in [2.45, 2.75) is 43.9 Å². The smallest absolute Gasteiger partial charge is 0.243 e. The Kier molecular flexibility index (Phi) is 8.74. The van der Waals surface area contributed by atoms with E-state index in [0.717, 1.165) is 12.1 Å². The summed E-state index contributed by atoms with van der Waals surface area (Å²) in [6.45, 7) is 5.73. The van der Waals surface area contributed by atoms with Gasteiger partial charge in [0.1, 0.15) is 0 Å². The standard InChI is InChI=1S/C20H31N3O3S.ClH/c1-17-6-8-19(9-7-17)27(25,26)23-14-12-22(13-15-23)11-10-21-20(24)16-18-4-2-3-5-18;/h6-9,18H,2-5,10-16H2,1H3,(H,21,24);1H. The summed E-state index contributed by atoms with van der Waals surface area (Å²) in [5.41, 5.74) is 1.05. The van der Waals surface area contributed by atoms with E-state index in [-0.39, 0.29) is 18.3 Å². The second-order valence-corrected chi connectivity index (χ2v) is 9.70. The van der Waals surface area contributed by atoms with Crippen molar-refractivity contribution >= 4 is 28.3 Å². The molecule has 158 valence electrons. The number of rotatable bonds is 7. The summed E-state index contributed by atoms with van der Waals surface area (Å²) < 4.78 is 27.0. The molecule has 1 aromatic rings. The van der Waals surface area contributed by atoms with Crippen LogP contribution < -0.4 is 5.32 Å². The molecule has 2 fully saturated rings. The van der Waals surface area contributed by atoms with E-state index in [1.54, 1.807) is 16.4 Å². The van der Waals surface area contributed by atoms with Crippen molar-refractivity contribution in [1.82, 2.24) is 14.5 Å². The van der Waals surface area contributed by atoms with Crippen LogP contribution in [0.4, 0.5) is 0 Å². The second kappa shape index (κ2) is 10.6. The summed E-state index contributed by atoms with van der Waals surface area (Å²) in [5, 5.41) is 3.02. The minimum absolute atomic E-state index is 0. The first-order valence-corrected chi connectivity index (χ1v) is 11.4. The maximum atomic E-state index is 12.7. The molecule has 1 amide bonds. The molecule has 0 bridgehead atoms. The number of nitrogens with zero attached hydrogens (tertiary/aromatic N) is 2. The molecule has 6 nitrogen and oxygen atoms in total. The number of halogens is 1. The van der Waals surface area contributed by atoms with Gasteiger partial charge in [0, 0.05) is 45.7 Å². The summed E-state index contributed by atoms with van der Waals surface area (Å²) in [5.74, 6) is 0.725. The molecule has 0 atom stereocenters. The maximum Gasteiger partial charge on any atom is 0.243 e. The molecule has 1 aliphatic carbocycles. The number of nitrogens with one attached hydrogen (secondary N) is 1. The Balaban J connectivity index is 0.00000280. The van der Waals surface area contributed by atoms with E-state index in [1.807, 2.05) is 19.1 Å². The Bertz CT molecular complexity index is 726. The fourth-order valence-electron chi connectivity index (χ4n) is 3.96. The Morgan fingerprint density at radius 2 is 1.68 bits per heavy atom. The maximum absolute atomic E-state index is 12.7. The Labute approximate surface area is 175 Å². The van der Waals surface area contributed by atoms with E-state index >= 15 is 0 Å². The summed E-state index contributed by atoms with van der Waals surface area (Å²) in [4.78, 5) is 14.6. The van der Waals surface area contributed by atoms with Gasteiger partial charge < -0.3 is 5.32 Å². The first-order chi connectivity index (χ1) is 12.9. The van der Waals surface area contributed by atoms with Gasteiger partial charge in [-0.1, -0.05) is 30.5 Å². The van der Waals surface area contributed by atoms with Crippen molar-refractivity contribution in [3.8, 4) is 0 Å². The number of hydrogen-bond donors (Lipinski definition) is 1. The Morgan fingerprint density at radius 1 is 1.07 bits per heavy atom. The molecule has 0 radical (unpaired) electrons. The first-order valence-electron chi connectivity index (χ1n) is 10.0. The normalized spacial score (nSPS) is 19.3. The number of hydrogen-bond acceptors (Lipinski definition) is 4. The van der Waals surface area contributed by atoms with E-state index in [1.165, 1.54) is 25.7 Å². The molecular formula is C20H32ClN3O3S. The molecule has 0 unspecified atom stereocenters. The van der Waals surface area contributed by atoms with E-state index in [4.69, 9.17) is 0 Å². The molecule has 0 spiro atoms. The van der Waals surface area contributed by atoms with Crippen LogP contribution in [0, 0.1) is 12.8 Å². The largest absolute Gasteiger partial charge is 0.355 e. The number of aryl methyl sites for hydroxylation is 1. The van der Waals surface area contributed by atoms with Gasteiger partial charge in [-0.25, -0.2) is 8.42 Å². The quantitative estimate of drug-likeness (QED) is 0.722. The number of amides is 1. The van der Waals surface area contributed by atoms with E-state index in [0.29, 0.717) is 50.0 Å². The van der Waals surface area contributed by atoms with E-state index in [2.05, 4.69) is 10.2 Å². The van der Waals surface area contributed by atoms with Crippen LogP contribution >= 0.6 is 12.4 Å². The lowest BCUT2D eigenvalue weighted by atomic mass is 10.0. The Morgan fingerprint density at radius 3 is 2.29 bits per heavy atom. The van der Waals surface area contributed by atoms with Crippen molar-refractivity contribution in [3.05, 3.63) is 29.8 Å². The monoisotopic (exact) mass is 429 g/mol. The third kappa shape index (κ3) is 6.17. The van der Waals surface area contributed by atoms with Gasteiger partial charge in [-0.15, -0.1) is 12.4 Å². The van der Waals surface area contributed by atoms with Gasteiger partial charge >= 0.3 is 0 Å². The molecule has 1 saturated carbocycles. The zero-order valence-corrected chi connectivity index (χ0v) is 18.2. The molecule has 1 aromatic carbocycles. The van der Waals surface area contributed by atoms with Crippen molar-refractivity contribution < 1.29 is 13.2 Å². The lowest BCUT2D eigenvalue weighted by molar-refractivity contribution is -0.122. The van der Waals surface area contributed by atoms with Gasteiger partial charge in [-0.3, -0.25) is 9.69 Å². The lowest BCUT2D eigenvalue weighted by Gasteiger charge is -2.34. The predicted molar refractivity (Wildman–Crippen MR) is 113 cm³/mol. The van der Waals surface area contributed by atoms with Gasteiger partial charge in [-0.2, -0.15) is 4.31 Å². The topological polar surface area (TPSA) is 69.7 Å². The van der Waals surface area contributed by atoms with Crippen LogP contribution in [0.25, 0.3) is 0 Å². The predicted octanol–water partition coefficient (Wildman–Crippen LogP) is 2.42. The highest BCUT2D eigenvalue weighted by Gasteiger charge is 2.28. The number of carbonyl (C=O) groups is 1. The second-order valence-electron chi connectivity index (χ2n) is 7.76. The summed E-state index contributed by atoms with van der Waals surface area (Å²) in [6.07, 6.45) is 5.54. The fraction of sp³-hybridized carbons (Fsp3) is 0.650. The summed E-state index contributed by atoms with van der Waals surface area (Å²) >= 11 is 0. The van der Waals surface area contributed by atoms with E-state index in [9.17, 15) is 13.2 Å². The number of piperazine rings is 1. The van der Waals surface area contributed by atoms with Crippen molar-refractivity contribution in [2.24, 2.45) is 5.92 Å². The van der Waals surface area contributed by atoms with E-state index < -0.39 is 10.0 Å². The highest BCUT2D eigenvalue weighted by molar-refractivity contribution is 7.89. The zero-order chi connectivity index (χ0) is 19.3. The molecule has 1 heterocycles. The summed E-state index contributed by atoms with van der Waals surface area (Å²) in [6, 6.07) is 7.02. The van der Waals surface area contributed by atoms with Gasteiger partial charge in [0.05, 0.1) is 4.90 Å². The average molecular weight is 430 g/mol. The summed E-state index contributed by atoms with van der Waals surface area (Å²) in [7, 11) is -3.41. The third-order valence-electron chi connectivity index (χ3n) is 5.69.